The third kappa shape index (κ3) is 6.29. The Morgan fingerprint density at radius 2 is 1.75 bits per heavy atom. The molecule has 0 radical (unpaired) electrons. The van der Waals surface area contributed by atoms with Crippen LogP contribution in [-0.2, 0) is 13.0 Å². The van der Waals surface area contributed by atoms with E-state index in [-0.39, 0.29) is 17.3 Å². The van der Waals surface area contributed by atoms with E-state index in [2.05, 4.69) is 25.8 Å². The third-order valence-electron chi connectivity index (χ3n) is 5.29. The summed E-state index contributed by atoms with van der Waals surface area (Å²) in [5.41, 5.74) is 13.1. The van der Waals surface area contributed by atoms with Gasteiger partial charge in [-0.05, 0) is 42.0 Å². The molecule has 0 atom stereocenters. The first-order chi connectivity index (χ1) is 17.5. The lowest BCUT2D eigenvalue weighted by atomic mass is 10.1. The molecule has 1 amide bonds. The number of nitrogen functional groups attached to an aromatic ring is 1. The van der Waals surface area contributed by atoms with E-state index < -0.39 is 5.97 Å². The summed E-state index contributed by atoms with van der Waals surface area (Å²) < 4.78 is 0. The molecule has 36 heavy (non-hydrogen) atoms. The Bertz CT molecular complexity index is 1390. The van der Waals surface area contributed by atoms with Crippen molar-refractivity contribution in [2.45, 2.75) is 13.0 Å². The Balaban J connectivity index is 1.41. The summed E-state index contributed by atoms with van der Waals surface area (Å²) in [5.74, 6) is -0.885. The van der Waals surface area contributed by atoms with Crippen LogP contribution in [0.2, 0.25) is 0 Å². The van der Waals surface area contributed by atoms with Crippen molar-refractivity contribution in [1.29, 1.82) is 0 Å². The number of nitrogens with zero attached hydrogens (tertiary/aromatic N) is 3. The Labute approximate surface area is 207 Å². The largest absolute Gasteiger partial charge is 0.478 e. The van der Waals surface area contributed by atoms with E-state index in [4.69, 9.17) is 10.8 Å². The summed E-state index contributed by atoms with van der Waals surface area (Å²) in [6, 6.07) is 23.1. The molecule has 0 aliphatic carbocycles. The molecule has 180 valence electrons. The average molecular weight is 481 g/mol. The minimum atomic E-state index is -0.989. The number of nitrogens with two attached hydrogens (primary N) is 1. The molecule has 3 aromatic carbocycles. The summed E-state index contributed by atoms with van der Waals surface area (Å²) in [6.45, 7) is 0.437. The van der Waals surface area contributed by atoms with Crippen LogP contribution < -0.4 is 16.5 Å². The van der Waals surface area contributed by atoms with Crippen LogP contribution in [0.3, 0.4) is 0 Å². The first-order valence-corrected chi connectivity index (χ1v) is 11.1. The number of aromatic carboxylic acids is 1. The number of anilines is 2. The highest BCUT2D eigenvalue weighted by molar-refractivity contribution is 5.95. The van der Waals surface area contributed by atoms with E-state index in [0.717, 1.165) is 11.1 Å². The number of carboxylic acid groups (broad SMARTS) is 1. The number of benzene rings is 3. The number of hydrogen-bond acceptors (Lipinski definition) is 7. The highest BCUT2D eigenvalue weighted by Gasteiger charge is 2.10. The van der Waals surface area contributed by atoms with Gasteiger partial charge in [-0.3, -0.25) is 10.2 Å². The molecule has 0 fully saturated rings. The number of hydrazone groups is 1. The zero-order chi connectivity index (χ0) is 25.3. The molecule has 0 bridgehead atoms. The summed E-state index contributed by atoms with van der Waals surface area (Å²) in [7, 11) is 0. The van der Waals surface area contributed by atoms with Crippen LogP contribution in [0.5, 0.6) is 0 Å². The zero-order valence-electron chi connectivity index (χ0n) is 19.3. The number of aromatic nitrogens is 2. The van der Waals surface area contributed by atoms with E-state index >= 15 is 0 Å². The van der Waals surface area contributed by atoms with Gasteiger partial charge in [-0.2, -0.15) is 5.10 Å². The van der Waals surface area contributed by atoms with Gasteiger partial charge in [0.05, 0.1) is 28.8 Å². The lowest BCUT2D eigenvalue weighted by Crippen LogP contribution is -2.22. The minimum absolute atomic E-state index is 0.182. The minimum Gasteiger partial charge on any atom is -0.478 e. The molecule has 0 aliphatic heterocycles. The van der Waals surface area contributed by atoms with Crippen LogP contribution in [0.4, 0.5) is 11.5 Å². The lowest BCUT2D eigenvalue weighted by Gasteiger charge is -2.09. The highest BCUT2D eigenvalue weighted by atomic mass is 16.4. The number of carbonyl (C=O) groups excluding carboxylic acids is 1. The quantitative estimate of drug-likeness (QED) is 0.209. The zero-order valence-corrected chi connectivity index (χ0v) is 19.3. The van der Waals surface area contributed by atoms with Crippen LogP contribution in [0.25, 0.3) is 11.3 Å². The Morgan fingerprint density at radius 3 is 2.50 bits per heavy atom. The van der Waals surface area contributed by atoms with E-state index in [9.17, 15) is 9.59 Å². The van der Waals surface area contributed by atoms with E-state index in [1.807, 2.05) is 36.4 Å². The van der Waals surface area contributed by atoms with Crippen LogP contribution in [0.15, 0.2) is 90.2 Å². The summed E-state index contributed by atoms with van der Waals surface area (Å²) in [5, 5.41) is 16.0. The molecule has 4 aromatic rings. The SMILES string of the molecule is Nc1ncc(-c2cccc(C(=O)NCc3ccccc3)c2)nc1CC=NNc1ccc(C(=O)O)cc1. The maximum atomic E-state index is 12.6. The number of amides is 1. The van der Waals surface area contributed by atoms with Gasteiger partial charge in [-0.1, -0.05) is 42.5 Å². The highest BCUT2D eigenvalue weighted by Crippen LogP contribution is 2.20. The van der Waals surface area contributed by atoms with Gasteiger partial charge in [0.25, 0.3) is 5.91 Å². The first-order valence-electron chi connectivity index (χ1n) is 11.1. The van der Waals surface area contributed by atoms with Crippen LogP contribution in [0, 0.1) is 0 Å². The number of carbonyl (C=O) groups is 2. The first kappa shape index (κ1) is 24.1. The second kappa shape index (κ2) is 11.4. The predicted octanol–water partition coefficient (Wildman–Crippen LogP) is 3.99. The molecule has 0 unspecified atom stereocenters. The fourth-order valence-electron chi connectivity index (χ4n) is 3.37. The summed E-state index contributed by atoms with van der Waals surface area (Å²) in [4.78, 5) is 32.4. The van der Waals surface area contributed by atoms with Gasteiger partial charge < -0.3 is 16.2 Å². The summed E-state index contributed by atoms with van der Waals surface area (Å²) in [6.07, 6.45) is 3.49. The standard InChI is InChI=1S/C27H24N6O3/c28-25-23(13-14-31-33-22-11-9-19(10-12-22)27(35)36)32-24(17-29-25)20-7-4-8-21(15-20)26(34)30-16-18-5-2-1-3-6-18/h1-12,14-15,17,33H,13,16H2,(H2,28,29)(H,30,34)(H,35,36). The van der Waals surface area contributed by atoms with Gasteiger partial charge in [0.15, 0.2) is 0 Å². The molecule has 9 heteroatoms. The number of rotatable bonds is 9. The molecule has 1 aromatic heterocycles. The molecule has 4 rings (SSSR count). The van der Waals surface area contributed by atoms with Crippen molar-refractivity contribution >= 4 is 29.6 Å². The van der Waals surface area contributed by atoms with E-state index in [1.165, 1.54) is 12.1 Å². The third-order valence-corrected chi connectivity index (χ3v) is 5.29. The molecule has 0 aliphatic rings. The Kier molecular flexibility index (Phi) is 7.62. The van der Waals surface area contributed by atoms with Crippen molar-refractivity contribution in [3.63, 3.8) is 0 Å². The summed E-state index contributed by atoms with van der Waals surface area (Å²) >= 11 is 0. The van der Waals surface area contributed by atoms with Crippen molar-refractivity contribution in [3.8, 4) is 11.3 Å². The molecule has 0 saturated carbocycles. The fourth-order valence-corrected chi connectivity index (χ4v) is 3.37. The van der Waals surface area contributed by atoms with E-state index in [0.29, 0.717) is 35.6 Å². The molecular formula is C27H24N6O3. The topological polar surface area (TPSA) is 143 Å². The van der Waals surface area contributed by atoms with Crippen molar-refractivity contribution < 1.29 is 14.7 Å². The second-order valence-electron chi connectivity index (χ2n) is 7.85. The van der Waals surface area contributed by atoms with Gasteiger partial charge in [0.1, 0.15) is 5.82 Å². The van der Waals surface area contributed by atoms with Crippen molar-refractivity contribution in [2.75, 3.05) is 11.2 Å². The normalized spacial score (nSPS) is 10.8. The lowest BCUT2D eigenvalue weighted by molar-refractivity contribution is 0.0696. The molecule has 0 saturated heterocycles. The Morgan fingerprint density at radius 1 is 0.972 bits per heavy atom. The second-order valence-corrected chi connectivity index (χ2v) is 7.85. The fraction of sp³-hybridized carbons (Fsp3) is 0.0741. The molecular weight excluding hydrogens is 456 g/mol. The molecule has 0 spiro atoms. The van der Waals surface area contributed by atoms with Gasteiger partial charge in [0, 0.05) is 30.3 Å². The van der Waals surface area contributed by atoms with Crippen molar-refractivity contribution in [3.05, 3.63) is 107 Å². The number of hydrogen-bond donors (Lipinski definition) is 4. The van der Waals surface area contributed by atoms with Gasteiger partial charge in [-0.25, -0.2) is 14.8 Å². The van der Waals surface area contributed by atoms with Crippen LogP contribution >= 0.6 is 0 Å². The number of carboxylic acids is 1. The predicted molar refractivity (Wildman–Crippen MR) is 139 cm³/mol. The molecule has 5 N–H and O–H groups in total. The van der Waals surface area contributed by atoms with Gasteiger partial charge in [-0.15, -0.1) is 0 Å². The molecule has 9 nitrogen and oxygen atoms in total. The monoisotopic (exact) mass is 480 g/mol. The number of nitrogens with one attached hydrogen (secondary N) is 2. The van der Waals surface area contributed by atoms with Crippen molar-refractivity contribution in [2.24, 2.45) is 5.10 Å². The maximum absolute atomic E-state index is 12.6. The Hall–Kier alpha value is -5.05. The van der Waals surface area contributed by atoms with Crippen LogP contribution in [0.1, 0.15) is 32.0 Å². The smallest absolute Gasteiger partial charge is 0.335 e. The van der Waals surface area contributed by atoms with E-state index in [1.54, 1.807) is 42.7 Å². The van der Waals surface area contributed by atoms with Crippen molar-refractivity contribution in [1.82, 2.24) is 15.3 Å². The van der Waals surface area contributed by atoms with Gasteiger partial charge >= 0.3 is 5.97 Å². The molecule has 1 heterocycles. The maximum Gasteiger partial charge on any atom is 0.335 e. The van der Waals surface area contributed by atoms with Crippen LogP contribution in [-0.4, -0.2) is 33.2 Å². The average Bonchev–Trinajstić information content (AvgIpc) is 2.91. The van der Waals surface area contributed by atoms with Gasteiger partial charge in [0.2, 0.25) is 0 Å².